The highest BCUT2D eigenvalue weighted by molar-refractivity contribution is 5.96. The van der Waals surface area contributed by atoms with E-state index in [-0.39, 0.29) is 18.3 Å². The van der Waals surface area contributed by atoms with E-state index in [2.05, 4.69) is 10.6 Å². The molecule has 5 nitrogen and oxygen atoms in total. The summed E-state index contributed by atoms with van der Waals surface area (Å²) in [7, 11) is 0. The number of benzene rings is 2. The van der Waals surface area contributed by atoms with Crippen LogP contribution in [0.25, 0.3) is 0 Å². The zero-order valence-corrected chi connectivity index (χ0v) is 14.8. The van der Waals surface area contributed by atoms with Gasteiger partial charge in [-0.3, -0.25) is 9.59 Å². The van der Waals surface area contributed by atoms with E-state index in [1.54, 1.807) is 25.1 Å². The van der Waals surface area contributed by atoms with Crippen molar-refractivity contribution in [3.63, 3.8) is 0 Å². The molecule has 0 fully saturated rings. The molecule has 144 valence electrons. The molecule has 0 saturated heterocycles. The zero-order chi connectivity index (χ0) is 20.0. The molecule has 27 heavy (non-hydrogen) atoms. The molecule has 0 aliphatic heterocycles. The molecule has 0 aliphatic carbocycles. The Morgan fingerprint density at radius 1 is 1.11 bits per heavy atom. The number of ether oxygens (including phenoxy) is 1. The van der Waals surface area contributed by atoms with Crippen LogP contribution in [0.5, 0.6) is 5.75 Å². The SMILES string of the molecule is CC(=O)Nc1cccc(C(=O)NC(C)COc2ccccc2C(F)(F)F)c1. The van der Waals surface area contributed by atoms with Crippen LogP contribution in [0.15, 0.2) is 48.5 Å². The van der Waals surface area contributed by atoms with Gasteiger partial charge < -0.3 is 15.4 Å². The number of hydrogen-bond acceptors (Lipinski definition) is 3. The van der Waals surface area contributed by atoms with E-state index >= 15 is 0 Å². The number of alkyl halides is 3. The number of anilines is 1. The van der Waals surface area contributed by atoms with Crippen LogP contribution in [0, 0.1) is 0 Å². The van der Waals surface area contributed by atoms with Crippen LogP contribution >= 0.6 is 0 Å². The second-order valence-electron chi connectivity index (χ2n) is 5.94. The first-order valence-corrected chi connectivity index (χ1v) is 8.14. The fourth-order valence-electron chi connectivity index (χ4n) is 2.33. The largest absolute Gasteiger partial charge is 0.491 e. The van der Waals surface area contributed by atoms with Crippen molar-refractivity contribution in [1.29, 1.82) is 0 Å². The summed E-state index contributed by atoms with van der Waals surface area (Å²) >= 11 is 0. The average molecular weight is 380 g/mol. The molecule has 2 aromatic rings. The van der Waals surface area contributed by atoms with Gasteiger partial charge in [0.25, 0.3) is 5.91 Å². The Labute approximate surface area is 154 Å². The van der Waals surface area contributed by atoms with Gasteiger partial charge in [-0.1, -0.05) is 18.2 Å². The smallest absolute Gasteiger partial charge is 0.419 e. The maximum Gasteiger partial charge on any atom is 0.419 e. The van der Waals surface area contributed by atoms with Crippen LogP contribution < -0.4 is 15.4 Å². The fraction of sp³-hybridized carbons (Fsp3) is 0.263. The molecule has 1 unspecified atom stereocenters. The summed E-state index contributed by atoms with van der Waals surface area (Å²) in [4.78, 5) is 23.4. The number of para-hydroxylation sites is 1. The summed E-state index contributed by atoms with van der Waals surface area (Å²) in [6.45, 7) is 2.83. The van der Waals surface area contributed by atoms with Crippen LogP contribution in [0.2, 0.25) is 0 Å². The van der Waals surface area contributed by atoms with E-state index in [9.17, 15) is 22.8 Å². The third-order valence-corrected chi connectivity index (χ3v) is 3.50. The quantitative estimate of drug-likeness (QED) is 0.800. The van der Waals surface area contributed by atoms with Gasteiger partial charge in [0.05, 0.1) is 11.6 Å². The molecule has 0 aromatic heterocycles. The molecule has 0 aliphatic rings. The van der Waals surface area contributed by atoms with Crippen molar-refractivity contribution in [1.82, 2.24) is 5.32 Å². The number of carbonyl (C=O) groups is 2. The summed E-state index contributed by atoms with van der Waals surface area (Å²) in [6.07, 6.45) is -4.52. The average Bonchev–Trinajstić information content (AvgIpc) is 2.59. The van der Waals surface area contributed by atoms with Crippen LogP contribution in [-0.2, 0) is 11.0 Å². The van der Waals surface area contributed by atoms with Crippen molar-refractivity contribution >= 4 is 17.5 Å². The molecule has 0 spiro atoms. The highest BCUT2D eigenvalue weighted by Gasteiger charge is 2.34. The highest BCUT2D eigenvalue weighted by Crippen LogP contribution is 2.35. The summed E-state index contributed by atoms with van der Waals surface area (Å²) < 4.78 is 44.1. The Bertz CT molecular complexity index is 822. The minimum absolute atomic E-state index is 0.135. The molecular formula is C19H19F3N2O3. The van der Waals surface area contributed by atoms with Gasteiger partial charge in [-0.2, -0.15) is 13.2 Å². The van der Waals surface area contributed by atoms with Gasteiger partial charge in [-0.05, 0) is 37.3 Å². The van der Waals surface area contributed by atoms with E-state index in [0.717, 1.165) is 6.07 Å². The van der Waals surface area contributed by atoms with E-state index in [1.807, 2.05) is 0 Å². The monoisotopic (exact) mass is 380 g/mol. The Kier molecular flexibility index (Phi) is 6.44. The number of halogens is 3. The first-order chi connectivity index (χ1) is 12.7. The van der Waals surface area contributed by atoms with E-state index in [1.165, 1.54) is 31.2 Å². The topological polar surface area (TPSA) is 67.4 Å². The zero-order valence-electron chi connectivity index (χ0n) is 14.8. The minimum Gasteiger partial charge on any atom is -0.491 e. The number of amides is 2. The van der Waals surface area contributed by atoms with Crippen molar-refractivity contribution in [2.75, 3.05) is 11.9 Å². The second-order valence-corrected chi connectivity index (χ2v) is 5.94. The van der Waals surface area contributed by atoms with Gasteiger partial charge in [0.2, 0.25) is 5.91 Å². The van der Waals surface area contributed by atoms with Crippen molar-refractivity contribution in [2.24, 2.45) is 0 Å². The van der Waals surface area contributed by atoms with Gasteiger partial charge in [0, 0.05) is 18.2 Å². The molecule has 0 saturated carbocycles. The van der Waals surface area contributed by atoms with Gasteiger partial charge in [0.1, 0.15) is 12.4 Å². The molecule has 2 rings (SSSR count). The van der Waals surface area contributed by atoms with E-state index in [4.69, 9.17) is 4.74 Å². The van der Waals surface area contributed by atoms with Crippen LogP contribution in [0.4, 0.5) is 18.9 Å². The molecule has 8 heteroatoms. The number of hydrogen-bond donors (Lipinski definition) is 2. The molecular weight excluding hydrogens is 361 g/mol. The van der Waals surface area contributed by atoms with Gasteiger partial charge in [-0.15, -0.1) is 0 Å². The highest BCUT2D eigenvalue weighted by atomic mass is 19.4. The number of rotatable bonds is 6. The lowest BCUT2D eigenvalue weighted by Gasteiger charge is -2.18. The number of nitrogens with one attached hydrogen (secondary N) is 2. The summed E-state index contributed by atoms with van der Waals surface area (Å²) in [5, 5.41) is 5.22. The molecule has 2 aromatic carbocycles. The molecule has 0 radical (unpaired) electrons. The Hall–Kier alpha value is -3.03. The van der Waals surface area contributed by atoms with Crippen molar-refractivity contribution in [3.8, 4) is 5.75 Å². The molecule has 2 N–H and O–H groups in total. The third-order valence-electron chi connectivity index (χ3n) is 3.50. The van der Waals surface area contributed by atoms with Gasteiger partial charge >= 0.3 is 6.18 Å². The third kappa shape index (κ3) is 6.02. The maximum atomic E-state index is 13.0. The number of carbonyl (C=O) groups excluding carboxylic acids is 2. The summed E-state index contributed by atoms with van der Waals surface area (Å²) in [6, 6.07) is 10.7. The van der Waals surface area contributed by atoms with Crippen LogP contribution in [0.1, 0.15) is 29.8 Å². The standard InChI is InChI=1S/C19H19F3N2O3/c1-12(11-27-17-9-4-3-8-16(17)19(20,21)22)23-18(26)14-6-5-7-15(10-14)24-13(2)25/h3-10,12H,11H2,1-2H3,(H,23,26)(H,24,25). The Morgan fingerprint density at radius 3 is 2.48 bits per heavy atom. The fourth-order valence-corrected chi connectivity index (χ4v) is 2.33. The summed E-state index contributed by atoms with van der Waals surface area (Å²) in [5.41, 5.74) is -0.0894. The Balaban J connectivity index is 1.97. The van der Waals surface area contributed by atoms with Crippen LogP contribution in [-0.4, -0.2) is 24.5 Å². The lowest BCUT2D eigenvalue weighted by molar-refractivity contribution is -0.139. The van der Waals surface area contributed by atoms with Crippen molar-refractivity contribution < 1.29 is 27.5 Å². The normalized spacial score (nSPS) is 12.2. The molecule has 0 heterocycles. The molecule has 2 amide bonds. The summed E-state index contributed by atoms with van der Waals surface area (Å²) in [5.74, 6) is -0.987. The van der Waals surface area contributed by atoms with Crippen LogP contribution in [0.3, 0.4) is 0 Å². The van der Waals surface area contributed by atoms with Crippen molar-refractivity contribution in [2.45, 2.75) is 26.1 Å². The van der Waals surface area contributed by atoms with E-state index in [0.29, 0.717) is 11.3 Å². The van der Waals surface area contributed by atoms with E-state index < -0.39 is 23.7 Å². The predicted molar refractivity (Wildman–Crippen MR) is 94.6 cm³/mol. The lowest BCUT2D eigenvalue weighted by Crippen LogP contribution is -2.37. The maximum absolute atomic E-state index is 13.0. The minimum atomic E-state index is -4.52. The second kappa shape index (κ2) is 8.57. The Morgan fingerprint density at radius 2 is 1.81 bits per heavy atom. The molecule has 0 bridgehead atoms. The first kappa shape index (κ1) is 20.3. The molecule has 1 atom stereocenters. The first-order valence-electron chi connectivity index (χ1n) is 8.14. The lowest BCUT2D eigenvalue weighted by atomic mass is 10.1. The van der Waals surface area contributed by atoms with Crippen molar-refractivity contribution in [3.05, 3.63) is 59.7 Å². The predicted octanol–water partition coefficient (Wildman–Crippen LogP) is 3.86. The van der Waals surface area contributed by atoms with Gasteiger partial charge in [0.15, 0.2) is 0 Å². The van der Waals surface area contributed by atoms with Gasteiger partial charge in [-0.25, -0.2) is 0 Å².